The summed E-state index contributed by atoms with van der Waals surface area (Å²) in [6.45, 7) is 1.95. The molecule has 0 radical (unpaired) electrons. The Balaban J connectivity index is 2.05. The lowest BCUT2D eigenvalue weighted by Gasteiger charge is -2.37. The van der Waals surface area contributed by atoms with Crippen LogP contribution in [0.1, 0.15) is 30.7 Å². The van der Waals surface area contributed by atoms with Crippen molar-refractivity contribution in [1.29, 1.82) is 0 Å². The monoisotopic (exact) mass is 301 g/mol. The first kappa shape index (κ1) is 14.7. The van der Waals surface area contributed by atoms with E-state index in [4.69, 9.17) is 4.74 Å². The second-order valence-corrected chi connectivity index (χ2v) is 7.48. The number of thioether (sulfide) groups is 1. The number of hydrogen-bond acceptors (Lipinski definition) is 7. The van der Waals surface area contributed by atoms with Gasteiger partial charge in [-0.25, -0.2) is 0 Å². The maximum Gasteiger partial charge on any atom is 0.326 e. The molecule has 0 saturated heterocycles. The van der Waals surface area contributed by atoms with Gasteiger partial charge < -0.3 is 10.1 Å². The number of methoxy groups -OCH3 is 1. The Morgan fingerprint density at radius 2 is 2.37 bits per heavy atom. The van der Waals surface area contributed by atoms with E-state index in [0.29, 0.717) is 5.25 Å². The van der Waals surface area contributed by atoms with Gasteiger partial charge in [0.1, 0.15) is 10.5 Å². The lowest BCUT2D eigenvalue weighted by molar-refractivity contribution is -0.149. The fraction of sp³-hybridized carbons (Fsp3) is 0.750. The van der Waals surface area contributed by atoms with Gasteiger partial charge in [0.2, 0.25) is 0 Å². The van der Waals surface area contributed by atoms with E-state index in [-0.39, 0.29) is 5.97 Å². The third kappa shape index (κ3) is 3.27. The second-order valence-electron chi connectivity index (χ2n) is 4.75. The highest BCUT2D eigenvalue weighted by Gasteiger charge is 2.43. The minimum atomic E-state index is -0.537. The number of ether oxygens (including phenoxy) is 1. The van der Waals surface area contributed by atoms with Crippen LogP contribution < -0.4 is 5.32 Å². The second kappa shape index (κ2) is 6.19. The summed E-state index contributed by atoms with van der Waals surface area (Å²) in [6, 6.07) is 0. The molecular formula is C12H19N3O2S2. The summed E-state index contributed by atoms with van der Waals surface area (Å²) in [5.74, 6) is -0.159. The van der Waals surface area contributed by atoms with Crippen molar-refractivity contribution in [3.8, 4) is 0 Å². The van der Waals surface area contributed by atoms with Crippen LogP contribution in [0.3, 0.4) is 0 Å². The first-order chi connectivity index (χ1) is 9.09. The van der Waals surface area contributed by atoms with Crippen molar-refractivity contribution in [2.75, 3.05) is 14.2 Å². The maximum absolute atomic E-state index is 12.0. The predicted octanol–water partition coefficient (Wildman–Crippen LogP) is 2.01. The number of hydrogen-bond donors (Lipinski definition) is 1. The van der Waals surface area contributed by atoms with E-state index in [1.54, 1.807) is 23.1 Å². The number of aryl methyl sites for hydroxylation is 1. The van der Waals surface area contributed by atoms with Crippen LogP contribution in [0, 0.1) is 6.92 Å². The predicted molar refractivity (Wildman–Crippen MR) is 76.6 cm³/mol. The van der Waals surface area contributed by atoms with Crippen LogP contribution in [-0.2, 0) is 9.53 Å². The first-order valence-electron chi connectivity index (χ1n) is 6.34. The molecule has 106 valence electrons. The molecule has 2 rings (SSSR count). The molecular weight excluding hydrogens is 282 g/mol. The van der Waals surface area contributed by atoms with Crippen molar-refractivity contribution in [2.24, 2.45) is 0 Å². The molecule has 1 saturated carbocycles. The average molecular weight is 301 g/mol. The number of nitrogens with zero attached hydrogens (tertiary/aromatic N) is 2. The van der Waals surface area contributed by atoms with Gasteiger partial charge in [0.05, 0.1) is 7.11 Å². The van der Waals surface area contributed by atoms with Crippen molar-refractivity contribution in [3.63, 3.8) is 0 Å². The van der Waals surface area contributed by atoms with Gasteiger partial charge in [0, 0.05) is 5.25 Å². The zero-order valence-electron chi connectivity index (χ0n) is 11.4. The average Bonchev–Trinajstić information content (AvgIpc) is 2.83. The molecule has 7 heteroatoms. The Labute approximate surface area is 121 Å². The Morgan fingerprint density at radius 3 is 2.95 bits per heavy atom. The molecule has 1 aliphatic carbocycles. The van der Waals surface area contributed by atoms with Crippen LogP contribution in [0.2, 0.25) is 0 Å². The normalized spacial score (nSPS) is 27.2. The van der Waals surface area contributed by atoms with Crippen LogP contribution in [0.15, 0.2) is 4.34 Å². The van der Waals surface area contributed by atoms with E-state index in [0.717, 1.165) is 35.0 Å². The molecule has 0 spiro atoms. The van der Waals surface area contributed by atoms with Gasteiger partial charge in [-0.1, -0.05) is 23.1 Å². The largest absolute Gasteiger partial charge is 0.468 e. The lowest BCUT2D eigenvalue weighted by atomic mass is 9.81. The topological polar surface area (TPSA) is 64.1 Å². The molecule has 1 aromatic rings. The van der Waals surface area contributed by atoms with Gasteiger partial charge in [0.25, 0.3) is 0 Å². The number of esters is 1. The molecule has 1 fully saturated rings. The highest BCUT2D eigenvalue weighted by molar-refractivity contribution is 8.01. The Kier molecular flexibility index (Phi) is 4.81. The maximum atomic E-state index is 12.0. The highest BCUT2D eigenvalue weighted by Crippen LogP contribution is 2.39. The van der Waals surface area contributed by atoms with Gasteiger partial charge in [-0.2, -0.15) is 0 Å². The van der Waals surface area contributed by atoms with Crippen LogP contribution >= 0.6 is 23.1 Å². The third-order valence-electron chi connectivity index (χ3n) is 3.54. The zero-order valence-corrected chi connectivity index (χ0v) is 13.1. The summed E-state index contributed by atoms with van der Waals surface area (Å²) in [5.41, 5.74) is -0.537. The fourth-order valence-corrected chi connectivity index (χ4v) is 4.91. The molecule has 0 amide bonds. The molecule has 5 nitrogen and oxygen atoms in total. The van der Waals surface area contributed by atoms with E-state index in [1.165, 1.54) is 7.11 Å². The number of carbonyl (C=O) groups excluding carboxylic acids is 1. The van der Waals surface area contributed by atoms with Crippen molar-refractivity contribution in [2.45, 2.75) is 47.7 Å². The quantitative estimate of drug-likeness (QED) is 0.858. The number of rotatable bonds is 4. The van der Waals surface area contributed by atoms with E-state index >= 15 is 0 Å². The highest BCUT2D eigenvalue weighted by atomic mass is 32.2. The summed E-state index contributed by atoms with van der Waals surface area (Å²) in [4.78, 5) is 12.0. The van der Waals surface area contributed by atoms with Gasteiger partial charge in [0.15, 0.2) is 4.34 Å². The molecule has 2 unspecified atom stereocenters. The van der Waals surface area contributed by atoms with Crippen LogP contribution in [0.25, 0.3) is 0 Å². The van der Waals surface area contributed by atoms with E-state index < -0.39 is 5.54 Å². The van der Waals surface area contributed by atoms with Crippen LogP contribution in [-0.4, -0.2) is 41.1 Å². The third-order valence-corrected chi connectivity index (χ3v) is 5.73. The van der Waals surface area contributed by atoms with Crippen molar-refractivity contribution in [3.05, 3.63) is 5.01 Å². The standard InChI is InChI=1S/C12H19N3O2S2/c1-8-14-15-11(18-8)19-9-5-4-6-12(7-9,13-2)10(16)17-3/h9,13H,4-7H2,1-3H3. The summed E-state index contributed by atoms with van der Waals surface area (Å²) in [7, 11) is 3.28. The first-order valence-corrected chi connectivity index (χ1v) is 8.03. The molecule has 1 N–H and O–H groups in total. The van der Waals surface area contributed by atoms with Gasteiger partial charge in [-0.3, -0.25) is 4.79 Å². The summed E-state index contributed by atoms with van der Waals surface area (Å²) in [5, 5.41) is 12.7. The molecule has 1 heterocycles. The molecule has 1 aliphatic rings. The number of likely N-dealkylation sites (N-methyl/N-ethyl adjacent to an activating group) is 1. The molecule has 0 bridgehead atoms. The molecule has 2 atom stereocenters. The van der Waals surface area contributed by atoms with Gasteiger partial charge in [-0.05, 0) is 39.7 Å². The number of carbonyl (C=O) groups is 1. The van der Waals surface area contributed by atoms with Crippen molar-refractivity contribution < 1.29 is 9.53 Å². The molecule has 0 aliphatic heterocycles. The van der Waals surface area contributed by atoms with Crippen LogP contribution in [0.5, 0.6) is 0 Å². The van der Waals surface area contributed by atoms with Gasteiger partial charge in [-0.15, -0.1) is 10.2 Å². The zero-order chi connectivity index (χ0) is 13.9. The smallest absolute Gasteiger partial charge is 0.326 e. The summed E-state index contributed by atoms with van der Waals surface area (Å²) < 4.78 is 5.94. The molecule has 1 aromatic heterocycles. The minimum absolute atomic E-state index is 0.159. The number of aromatic nitrogens is 2. The van der Waals surface area contributed by atoms with Crippen molar-refractivity contribution in [1.82, 2.24) is 15.5 Å². The summed E-state index contributed by atoms with van der Waals surface area (Å²) >= 11 is 3.34. The van der Waals surface area contributed by atoms with E-state index in [9.17, 15) is 4.79 Å². The minimum Gasteiger partial charge on any atom is -0.468 e. The molecule has 0 aromatic carbocycles. The van der Waals surface area contributed by atoms with Crippen molar-refractivity contribution >= 4 is 29.1 Å². The fourth-order valence-electron chi connectivity index (χ4n) is 2.50. The SMILES string of the molecule is CNC1(C(=O)OC)CCCC(Sc2nnc(C)s2)C1. The Hall–Kier alpha value is -0.660. The van der Waals surface area contributed by atoms with Gasteiger partial charge >= 0.3 is 5.97 Å². The molecule has 19 heavy (non-hydrogen) atoms. The Morgan fingerprint density at radius 1 is 1.58 bits per heavy atom. The van der Waals surface area contributed by atoms with Crippen LogP contribution in [0.4, 0.5) is 0 Å². The van der Waals surface area contributed by atoms with E-state index in [1.807, 2.05) is 14.0 Å². The number of nitrogens with one attached hydrogen (secondary N) is 1. The van der Waals surface area contributed by atoms with E-state index in [2.05, 4.69) is 15.5 Å². The summed E-state index contributed by atoms with van der Waals surface area (Å²) in [6.07, 6.45) is 3.73. The lowest BCUT2D eigenvalue weighted by Crippen LogP contribution is -2.54. The Bertz CT molecular complexity index is 452.